The van der Waals surface area contributed by atoms with Gasteiger partial charge in [0.2, 0.25) is 0 Å². The minimum atomic E-state index is -3.46. The van der Waals surface area contributed by atoms with E-state index in [2.05, 4.69) is 25.8 Å². The minimum absolute atomic E-state index is 0.0517. The molecule has 3 rings (SSSR count). The Balaban J connectivity index is 2.03. The topological polar surface area (TPSA) is 51.4 Å². The van der Waals surface area contributed by atoms with Crippen molar-refractivity contribution in [3.63, 3.8) is 0 Å². The number of fused-ring (bicyclic) bond motifs is 1. The average molecular weight is 579 g/mol. The third-order valence-electron chi connectivity index (χ3n) is 6.12. The fourth-order valence-corrected chi connectivity index (χ4v) is 16.3. The van der Waals surface area contributed by atoms with Crippen molar-refractivity contribution in [2.24, 2.45) is 0 Å². The van der Waals surface area contributed by atoms with Gasteiger partial charge in [0.05, 0.1) is 0 Å². The van der Waals surface area contributed by atoms with E-state index in [4.69, 9.17) is 0 Å². The Bertz CT molecular complexity index is 1050. The van der Waals surface area contributed by atoms with Crippen LogP contribution in [0.25, 0.3) is 4.83 Å². The van der Waals surface area contributed by atoms with Gasteiger partial charge in [-0.05, 0) is 0 Å². The second-order valence-electron chi connectivity index (χ2n) is 8.80. The molecular weight excluding hydrogens is 543 g/mol. The molecule has 0 amide bonds. The van der Waals surface area contributed by atoms with Crippen molar-refractivity contribution < 1.29 is 8.42 Å². The summed E-state index contributed by atoms with van der Waals surface area (Å²) in [6.45, 7) is 6.81. The van der Waals surface area contributed by atoms with Gasteiger partial charge in [0.15, 0.2) is 0 Å². The van der Waals surface area contributed by atoms with Crippen molar-refractivity contribution in [3.8, 4) is 0 Å². The summed E-state index contributed by atoms with van der Waals surface area (Å²) in [7, 11) is -3.46. The predicted molar refractivity (Wildman–Crippen MR) is 137 cm³/mol. The Morgan fingerprint density at radius 1 is 0.969 bits per heavy atom. The van der Waals surface area contributed by atoms with Gasteiger partial charge in [0.1, 0.15) is 0 Å². The van der Waals surface area contributed by atoms with E-state index in [9.17, 15) is 8.42 Å². The molecule has 32 heavy (non-hydrogen) atoms. The molecule has 0 bridgehead atoms. The van der Waals surface area contributed by atoms with Gasteiger partial charge in [0.25, 0.3) is 0 Å². The molecule has 4 nitrogen and oxygen atoms in total. The van der Waals surface area contributed by atoms with Gasteiger partial charge in [-0.2, -0.15) is 0 Å². The molecule has 0 aliphatic rings. The molecule has 2 radical (unpaired) electrons. The molecule has 0 fully saturated rings. The standard InChI is InChI=1S/C13H27.C12H9N2O2S2.Sn/c1-4-7-10-13(11-8-5-2)12-9-6-3;15-18(16,8-10-4-2-1-3-5-10)12-7-17-11-6-13-9-14(11)12;/h4-12H2,1-3H3;1-6,9H,8H2;. The second-order valence-corrected chi connectivity index (χ2v) is 17.9. The number of rotatable bonds is 14. The van der Waals surface area contributed by atoms with E-state index in [-0.39, 0.29) is 5.75 Å². The zero-order valence-corrected chi connectivity index (χ0v) is 24.1. The first-order valence-electron chi connectivity index (χ1n) is 11.9. The Morgan fingerprint density at radius 2 is 1.56 bits per heavy atom. The van der Waals surface area contributed by atoms with Crippen molar-refractivity contribution in [3.05, 3.63) is 48.4 Å². The van der Waals surface area contributed by atoms with Gasteiger partial charge < -0.3 is 0 Å². The van der Waals surface area contributed by atoms with Crippen LogP contribution in [0.5, 0.6) is 0 Å². The Morgan fingerprint density at radius 3 is 2.12 bits per heavy atom. The molecule has 0 saturated carbocycles. The summed E-state index contributed by atoms with van der Waals surface area (Å²) in [5.41, 5.74) is 0.845. The molecule has 0 saturated heterocycles. The van der Waals surface area contributed by atoms with Gasteiger partial charge in [-0.1, -0.05) is 0 Å². The summed E-state index contributed by atoms with van der Waals surface area (Å²) in [6.07, 6.45) is 14.6. The van der Waals surface area contributed by atoms with E-state index < -0.39 is 31.0 Å². The fraction of sp³-hybridized carbons (Fsp3) is 0.560. The molecule has 0 aliphatic heterocycles. The molecule has 0 unspecified atom stereocenters. The Hall–Kier alpha value is -0.861. The van der Waals surface area contributed by atoms with Crippen molar-refractivity contribution in [1.29, 1.82) is 0 Å². The van der Waals surface area contributed by atoms with Gasteiger partial charge in [-0.25, -0.2) is 0 Å². The maximum absolute atomic E-state index is 13.7. The third-order valence-corrected chi connectivity index (χ3v) is 15.9. The number of aromatic nitrogens is 2. The summed E-state index contributed by atoms with van der Waals surface area (Å²) in [5, 5.41) is 0.541. The first-order chi connectivity index (χ1) is 15.4. The molecule has 0 N–H and O–H groups in total. The van der Waals surface area contributed by atoms with Gasteiger partial charge >= 0.3 is 209 Å². The molecule has 0 atom stereocenters. The molecule has 1 aromatic carbocycles. The molecule has 2 heterocycles. The number of nitrogens with zero attached hydrogens (tertiary/aromatic N) is 2. The summed E-state index contributed by atoms with van der Waals surface area (Å²) >= 11 is 0.520. The zero-order chi connectivity index (χ0) is 23.0. The number of unbranched alkanes of at least 4 members (excludes halogenated alkanes) is 3. The number of benzene rings is 1. The number of hydrogen-bond acceptors (Lipinski definition) is 4. The third kappa shape index (κ3) is 6.38. The van der Waals surface area contributed by atoms with Crippen LogP contribution in [0.3, 0.4) is 0 Å². The van der Waals surface area contributed by atoms with Crippen LogP contribution in [0.2, 0.25) is 3.43 Å². The van der Waals surface area contributed by atoms with Crippen molar-refractivity contribution in [2.45, 2.75) is 92.8 Å². The van der Waals surface area contributed by atoms with Crippen LogP contribution < -0.4 is 2.89 Å². The molecule has 174 valence electrons. The predicted octanol–water partition coefficient (Wildman–Crippen LogP) is 6.43. The van der Waals surface area contributed by atoms with E-state index in [1.165, 1.54) is 60.7 Å². The van der Waals surface area contributed by atoms with Gasteiger partial charge in [-0.3, -0.25) is 0 Å². The van der Waals surface area contributed by atoms with Gasteiger partial charge in [-0.15, -0.1) is 0 Å². The maximum atomic E-state index is 13.7. The molecule has 7 heteroatoms. The summed E-state index contributed by atoms with van der Waals surface area (Å²) in [5.74, 6) is 0.0517. The number of hydrogen-bond donors (Lipinski definition) is 0. The van der Waals surface area contributed by atoms with Crippen molar-refractivity contribution >= 4 is 50.0 Å². The number of imidazole rings is 1. The summed E-state index contributed by atoms with van der Waals surface area (Å²) in [4.78, 5) is 5.22. The van der Waals surface area contributed by atoms with Crippen LogP contribution in [0.1, 0.15) is 84.1 Å². The zero-order valence-electron chi connectivity index (χ0n) is 19.6. The van der Waals surface area contributed by atoms with Crippen LogP contribution in [-0.4, -0.2) is 38.9 Å². The van der Waals surface area contributed by atoms with Crippen molar-refractivity contribution in [2.75, 3.05) is 0 Å². The van der Waals surface area contributed by atoms with Gasteiger partial charge in [0, 0.05) is 0 Å². The van der Waals surface area contributed by atoms with E-state index in [0.29, 0.717) is 8.46 Å². The molecular formula is C25H36N2O2S2Sn. The van der Waals surface area contributed by atoms with Crippen LogP contribution in [0.4, 0.5) is 0 Å². The first-order valence-corrected chi connectivity index (χ1v) is 17.3. The molecule has 0 aliphatic carbocycles. The molecule has 3 aromatic rings. The van der Waals surface area contributed by atoms with E-state index in [1.807, 2.05) is 40.9 Å². The monoisotopic (exact) mass is 580 g/mol. The van der Waals surface area contributed by atoms with Crippen LogP contribution in [0, 0.1) is 0 Å². The number of sulfone groups is 1. The second kappa shape index (κ2) is 12.0. The van der Waals surface area contributed by atoms with E-state index in [1.54, 1.807) is 17.7 Å². The summed E-state index contributed by atoms with van der Waals surface area (Å²) in [6, 6.07) is 9.56. The van der Waals surface area contributed by atoms with Crippen LogP contribution in [-0.2, 0) is 15.6 Å². The normalized spacial score (nSPS) is 12.6. The van der Waals surface area contributed by atoms with E-state index >= 15 is 0 Å². The van der Waals surface area contributed by atoms with Crippen molar-refractivity contribution in [1.82, 2.24) is 9.38 Å². The Kier molecular flexibility index (Phi) is 9.68. The fourth-order valence-electron chi connectivity index (χ4n) is 4.35. The van der Waals surface area contributed by atoms with Crippen LogP contribution in [0.15, 0.2) is 47.9 Å². The molecule has 0 spiro atoms. The summed E-state index contributed by atoms with van der Waals surface area (Å²) < 4.78 is 30.8. The molecule has 2 aromatic heterocycles. The van der Waals surface area contributed by atoms with Crippen LogP contribution >= 0.6 is 11.3 Å². The Labute approximate surface area is 208 Å². The quantitative estimate of drug-likeness (QED) is 0.207. The SMILES string of the molecule is CCCC[C](CCCC)(CCCC)[Sn][c]1sc2cncn2c1S(=O)(=O)Cc1ccccc1. The number of thiazole rings is 1. The van der Waals surface area contributed by atoms with E-state index in [0.717, 1.165) is 10.4 Å². The average Bonchev–Trinajstić information content (AvgIpc) is 3.35. The first kappa shape index (κ1) is 25.8.